The lowest BCUT2D eigenvalue weighted by Crippen LogP contribution is -2.25. The molecule has 0 aliphatic rings. The molecule has 0 fully saturated rings. The normalized spacial score (nSPS) is 11.5. The number of nitrogens with one attached hydrogen (secondary N) is 2. The summed E-state index contributed by atoms with van der Waals surface area (Å²) in [6, 6.07) is 13.6. The van der Waals surface area contributed by atoms with Crippen molar-refractivity contribution in [2.45, 2.75) is 25.2 Å². The Kier molecular flexibility index (Phi) is 7.08. The Hall–Kier alpha value is -3.12. The first-order valence-corrected chi connectivity index (χ1v) is 12.8. The molecule has 2 aromatic carbocycles. The van der Waals surface area contributed by atoms with Gasteiger partial charge in [0.05, 0.1) is 9.92 Å². The number of carbonyl (C=O) groups is 1. The molecule has 1 amide bonds. The SMILES string of the molecule is Cc1ccc(S(=O)(=O)NCCc2nnc(NC(=O)c3c(-c4ccccc4Cl)noc3C)s2)cc1. The van der Waals surface area contributed by atoms with Gasteiger partial charge in [-0.15, -0.1) is 10.2 Å². The van der Waals surface area contributed by atoms with E-state index in [4.69, 9.17) is 16.1 Å². The van der Waals surface area contributed by atoms with Crippen molar-refractivity contribution >= 4 is 44.0 Å². The fourth-order valence-electron chi connectivity index (χ4n) is 3.13. The maximum atomic E-state index is 12.9. The van der Waals surface area contributed by atoms with Crippen LogP contribution in [-0.2, 0) is 16.4 Å². The minimum atomic E-state index is -3.62. The predicted molar refractivity (Wildman–Crippen MR) is 130 cm³/mol. The third-order valence-corrected chi connectivity index (χ3v) is 7.57. The van der Waals surface area contributed by atoms with Crippen LogP contribution in [0.15, 0.2) is 57.9 Å². The van der Waals surface area contributed by atoms with E-state index in [-0.39, 0.29) is 22.1 Å². The number of aryl methyl sites for hydroxylation is 2. The second kappa shape index (κ2) is 10.0. The van der Waals surface area contributed by atoms with E-state index in [0.717, 1.165) is 16.9 Å². The van der Waals surface area contributed by atoms with Crippen molar-refractivity contribution in [3.63, 3.8) is 0 Å². The Morgan fingerprint density at radius 1 is 1.09 bits per heavy atom. The highest BCUT2D eigenvalue weighted by Crippen LogP contribution is 2.31. The van der Waals surface area contributed by atoms with Crippen LogP contribution in [0.3, 0.4) is 0 Å². The van der Waals surface area contributed by atoms with Crippen molar-refractivity contribution in [3.05, 3.63) is 75.4 Å². The molecular formula is C22H20ClN5O4S2. The summed E-state index contributed by atoms with van der Waals surface area (Å²) in [5.41, 5.74) is 2.12. The number of benzene rings is 2. The lowest BCUT2D eigenvalue weighted by molar-refractivity contribution is 0.102. The van der Waals surface area contributed by atoms with E-state index < -0.39 is 15.9 Å². The van der Waals surface area contributed by atoms with Crippen LogP contribution < -0.4 is 10.0 Å². The number of sulfonamides is 1. The van der Waals surface area contributed by atoms with Gasteiger partial charge in [0.15, 0.2) is 0 Å². The average Bonchev–Trinajstić information content (AvgIpc) is 3.40. The number of nitrogens with zero attached hydrogens (tertiary/aromatic N) is 3. The van der Waals surface area contributed by atoms with Gasteiger partial charge in [0.25, 0.3) is 5.91 Å². The fourth-order valence-corrected chi connectivity index (χ4v) is 5.13. The lowest BCUT2D eigenvalue weighted by atomic mass is 10.1. The third kappa shape index (κ3) is 5.33. The Morgan fingerprint density at radius 3 is 2.56 bits per heavy atom. The molecular weight excluding hydrogens is 498 g/mol. The topological polar surface area (TPSA) is 127 Å². The number of halogens is 1. The molecule has 34 heavy (non-hydrogen) atoms. The summed E-state index contributed by atoms with van der Waals surface area (Å²) in [6.45, 7) is 3.66. The van der Waals surface area contributed by atoms with Gasteiger partial charge in [-0.3, -0.25) is 10.1 Å². The summed E-state index contributed by atoms with van der Waals surface area (Å²) < 4.78 is 32.6. The molecule has 2 heterocycles. The molecule has 0 saturated carbocycles. The Bertz CT molecular complexity index is 1430. The Morgan fingerprint density at radius 2 is 1.82 bits per heavy atom. The van der Waals surface area contributed by atoms with Crippen molar-refractivity contribution in [2.24, 2.45) is 0 Å². The molecule has 0 radical (unpaired) electrons. The second-order valence-electron chi connectivity index (χ2n) is 7.36. The van der Waals surface area contributed by atoms with Crippen LogP contribution in [0.2, 0.25) is 5.02 Å². The van der Waals surface area contributed by atoms with E-state index in [1.165, 1.54) is 0 Å². The van der Waals surface area contributed by atoms with Gasteiger partial charge in [-0.1, -0.05) is 64.0 Å². The molecule has 4 aromatic rings. The van der Waals surface area contributed by atoms with E-state index >= 15 is 0 Å². The number of anilines is 1. The van der Waals surface area contributed by atoms with Crippen LogP contribution in [-0.4, -0.2) is 36.2 Å². The van der Waals surface area contributed by atoms with E-state index in [1.807, 2.05) is 6.92 Å². The first-order valence-electron chi connectivity index (χ1n) is 10.2. The second-order valence-corrected chi connectivity index (χ2v) is 10.6. The van der Waals surface area contributed by atoms with Crippen molar-refractivity contribution in [3.8, 4) is 11.3 Å². The first-order chi connectivity index (χ1) is 16.2. The van der Waals surface area contributed by atoms with Crippen molar-refractivity contribution in [1.29, 1.82) is 0 Å². The van der Waals surface area contributed by atoms with Crippen LogP contribution in [0.25, 0.3) is 11.3 Å². The smallest absolute Gasteiger partial charge is 0.263 e. The van der Waals surface area contributed by atoms with Crippen LogP contribution in [0.4, 0.5) is 5.13 Å². The Labute approximate surface area is 205 Å². The monoisotopic (exact) mass is 517 g/mol. The van der Waals surface area contributed by atoms with Gasteiger partial charge >= 0.3 is 0 Å². The number of rotatable bonds is 8. The van der Waals surface area contributed by atoms with Crippen LogP contribution >= 0.6 is 22.9 Å². The minimum absolute atomic E-state index is 0.139. The highest BCUT2D eigenvalue weighted by Gasteiger charge is 2.24. The van der Waals surface area contributed by atoms with Gasteiger partial charge in [-0.2, -0.15) is 0 Å². The van der Waals surface area contributed by atoms with Gasteiger partial charge in [-0.25, -0.2) is 13.1 Å². The van der Waals surface area contributed by atoms with Gasteiger partial charge in [0.1, 0.15) is 22.0 Å². The molecule has 0 aliphatic heterocycles. The van der Waals surface area contributed by atoms with E-state index in [1.54, 1.807) is 55.5 Å². The molecule has 9 nitrogen and oxygen atoms in total. The summed E-state index contributed by atoms with van der Waals surface area (Å²) in [7, 11) is -3.62. The van der Waals surface area contributed by atoms with Gasteiger partial charge in [0, 0.05) is 18.5 Å². The summed E-state index contributed by atoms with van der Waals surface area (Å²) in [4.78, 5) is 13.1. The standard InChI is InChI=1S/C22H20ClN5O4S2/c1-13-7-9-15(10-8-13)34(30,31)24-12-11-18-26-27-22(33-18)25-21(29)19-14(2)32-28-20(19)16-5-3-4-6-17(16)23/h3-10,24H,11-12H2,1-2H3,(H,25,27,29). The van der Waals surface area contributed by atoms with E-state index in [2.05, 4.69) is 25.4 Å². The number of carbonyl (C=O) groups excluding carboxylic acids is 1. The highest BCUT2D eigenvalue weighted by molar-refractivity contribution is 7.89. The summed E-state index contributed by atoms with van der Waals surface area (Å²) >= 11 is 7.40. The number of amides is 1. The largest absolute Gasteiger partial charge is 0.360 e. The number of hydrogen-bond donors (Lipinski definition) is 2. The molecule has 0 spiro atoms. The molecule has 2 aromatic heterocycles. The zero-order valence-electron chi connectivity index (χ0n) is 18.2. The summed E-state index contributed by atoms with van der Waals surface area (Å²) in [6.07, 6.45) is 0.315. The van der Waals surface area contributed by atoms with Crippen LogP contribution in [0.1, 0.15) is 26.7 Å². The Balaban J connectivity index is 1.40. The van der Waals surface area contributed by atoms with Crippen molar-refractivity contribution < 1.29 is 17.7 Å². The molecule has 0 atom stereocenters. The maximum absolute atomic E-state index is 12.9. The first kappa shape index (κ1) is 24.0. The number of aromatic nitrogens is 3. The summed E-state index contributed by atoms with van der Waals surface area (Å²) in [5.74, 6) is -0.126. The molecule has 12 heteroatoms. The minimum Gasteiger partial charge on any atom is -0.360 e. The average molecular weight is 518 g/mol. The van der Waals surface area contributed by atoms with Crippen LogP contribution in [0, 0.1) is 13.8 Å². The fraction of sp³-hybridized carbons (Fsp3) is 0.182. The number of hydrogen-bond acceptors (Lipinski definition) is 8. The molecule has 4 rings (SSSR count). The molecule has 176 valence electrons. The molecule has 2 N–H and O–H groups in total. The third-order valence-electron chi connectivity index (χ3n) is 4.87. The maximum Gasteiger partial charge on any atom is 0.263 e. The van der Waals surface area contributed by atoms with Gasteiger partial charge in [-0.05, 0) is 32.0 Å². The predicted octanol–water partition coefficient (Wildman–Crippen LogP) is 4.24. The van der Waals surface area contributed by atoms with Crippen molar-refractivity contribution in [2.75, 3.05) is 11.9 Å². The molecule has 0 aliphatic carbocycles. The molecule has 0 unspecified atom stereocenters. The van der Waals surface area contributed by atoms with Crippen molar-refractivity contribution in [1.82, 2.24) is 20.1 Å². The molecule has 0 bridgehead atoms. The quantitative estimate of drug-likeness (QED) is 0.358. The zero-order chi connectivity index (χ0) is 24.3. The van der Waals surface area contributed by atoms with Crippen LogP contribution in [0.5, 0.6) is 0 Å². The lowest BCUT2D eigenvalue weighted by Gasteiger charge is -2.06. The van der Waals surface area contributed by atoms with Gasteiger partial charge in [0.2, 0.25) is 15.2 Å². The highest BCUT2D eigenvalue weighted by atomic mass is 35.5. The van der Waals surface area contributed by atoms with E-state index in [0.29, 0.717) is 33.5 Å². The zero-order valence-corrected chi connectivity index (χ0v) is 20.6. The van der Waals surface area contributed by atoms with Gasteiger partial charge < -0.3 is 4.52 Å². The van der Waals surface area contributed by atoms with E-state index in [9.17, 15) is 13.2 Å². The summed E-state index contributed by atoms with van der Waals surface area (Å²) in [5, 5.41) is 16.0. The molecule has 0 saturated heterocycles.